The van der Waals surface area contributed by atoms with E-state index in [1.807, 2.05) is 0 Å². The van der Waals surface area contributed by atoms with Gasteiger partial charge in [-0.05, 0) is 32.6 Å². The van der Waals surface area contributed by atoms with E-state index in [9.17, 15) is 18.4 Å². The Balaban J connectivity index is 0.00000242. The van der Waals surface area contributed by atoms with E-state index in [4.69, 9.17) is 4.74 Å². The number of ether oxygens (including phenoxy) is 1. The van der Waals surface area contributed by atoms with Gasteiger partial charge in [0.2, 0.25) is 5.91 Å². The van der Waals surface area contributed by atoms with Crippen LogP contribution in [-0.4, -0.2) is 43.0 Å². The molecule has 2 N–H and O–H groups in total. The minimum absolute atomic E-state index is 0. The van der Waals surface area contributed by atoms with Crippen molar-refractivity contribution in [3.05, 3.63) is 0 Å². The van der Waals surface area contributed by atoms with Crippen LogP contribution in [0, 0.1) is 5.92 Å². The molecular weight excluding hydrogens is 318 g/mol. The van der Waals surface area contributed by atoms with Gasteiger partial charge in [0.05, 0.1) is 25.1 Å². The topological polar surface area (TPSA) is 67.4 Å². The Bertz CT molecular complexity index is 402. The molecule has 5 nitrogen and oxygen atoms in total. The molecule has 0 spiro atoms. The molecule has 1 atom stereocenters. The molecule has 0 aromatic carbocycles. The summed E-state index contributed by atoms with van der Waals surface area (Å²) in [6.07, 6.45) is 2.24. The molecule has 1 unspecified atom stereocenters. The molecule has 2 fully saturated rings. The van der Waals surface area contributed by atoms with E-state index in [0.717, 1.165) is 0 Å². The van der Waals surface area contributed by atoms with Gasteiger partial charge in [-0.25, -0.2) is 8.78 Å². The number of hydrogen-bond donors (Lipinski definition) is 2. The van der Waals surface area contributed by atoms with Gasteiger partial charge < -0.3 is 10.1 Å². The van der Waals surface area contributed by atoms with E-state index >= 15 is 0 Å². The van der Waals surface area contributed by atoms with Crippen LogP contribution in [0.1, 0.15) is 39.0 Å². The van der Waals surface area contributed by atoms with Crippen molar-refractivity contribution in [1.82, 2.24) is 10.6 Å². The largest absolute Gasteiger partial charge is 0.466 e. The van der Waals surface area contributed by atoms with Crippen molar-refractivity contribution in [3.63, 3.8) is 0 Å². The molecule has 1 amide bonds. The maximum absolute atomic E-state index is 13.1. The number of carbonyl (C=O) groups excluding carboxylic acids is 2. The molecule has 1 saturated heterocycles. The highest BCUT2D eigenvalue weighted by Gasteiger charge is 2.42. The van der Waals surface area contributed by atoms with Crippen LogP contribution >= 0.6 is 12.4 Å². The smallest absolute Gasteiger partial charge is 0.308 e. The Kier molecular flexibility index (Phi) is 6.99. The highest BCUT2D eigenvalue weighted by Crippen LogP contribution is 2.27. The van der Waals surface area contributed by atoms with Gasteiger partial charge in [-0.2, -0.15) is 0 Å². The van der Waals surface area contributed by atoms with E-state index in [1.54, 1.807) is 6.92 Å². The van der Waals surface area contributed by atoms with Crippen molar-refractivity contribution in [3.8, 4) is 0 Å². The highest BCUT2D eigenvalue weighted by atomic mass is 35.5. The number of amides is 1. The zero-order valence-corrected chi connectivity index (χ0v) is 13.4. The maximum Gasteiger partial charge on any atom is 0.308 e. The fourth-order valence-corrected chi connectivity index (χ4v) is 2.94. The molecule has 2 aliphatic rings. The summed E-state index contributed by atoms with van der Waals surface area (Å²) in [4.78, 5) is 23.5. The Labute approximate surface area is 134 Å². The third-order valence-electron chi connectivity index (χ3n) is 4.12. The van der Waals surface area contributed by atoms with E-state index in [-0.39, 0.29) is 36.2 Å². The number of halogens is 3. The number of rotatable bonds is 4. The minimum atomic E-state index is -2.80. The third-order valence-corrected chi connectivity index (χ3v) is 4.12. The summed E-state index contributed by atoms with van der Waals surface area (Å²) in [7, 11) is 0. The van der Waals surface area contributed by atoms with Crippen molar-refractivity contribution in [2.24, 2.45) is 5.92 Å². The Morgan fingerprint density at radius 3 is 2.41 bits per heavy atom. The first-order valence-electron chi connectivity index (χ1n) is 7.49. The van der Waals surface area contributed by atoms with Gasteiger partial charge in [0, 0.05) is 12.5 Å². The van der Waals surface area contributed by atoms with Gasteiger partial charge in [0.25, 0.3) is 5.92 Å². The normalized spacial score (nSPS) is 30.2. The fourth-order valence-electron chi connectivity index (χ4n) is 2.94. The van der Waals surface area contributed by atoms with Crippen LogP contribution in [-0.2, 0) is 14.3 Å². The van der Waals surface area contributed by atoms with E-state index in [2.05, 4.69) is 10.6 Å². The first kappa shape index (κ1) is 19.1. The summed E-state index contributed by atoms with van der Waals surface area (Å²) in [5.74, 6) is -3.46. The summed E-state index contributed by atoms with van der Waals surface area (Å²) in [5, 5.41) is 5.35. The van der Waals surface area contributed by atoms with E-state index in [0.29, 0.717) is 32.3 Å². The van der Waals surface area contributed by atoms with E-state index < -0.39 is 24.9 Å². The van der Waals surface area contributed by atoms with Gasteiger partial charge in [-0.1, -0.05) is 0 Å². The lowest BCUT2D eigenvalue weighted by molar-refractivity contribution is -0.149. The third kappa shape index (κ3) is 5.05. The molecule has 8 heteroatoms. The SMILES string of the molecule is CCOC(=O)C1CCC(NC(=O)C2CC(F)(F)CN2)CC1.Cl. The Morgan fingerprint density at radius 1 is 1.27 bits per heavy atom. The second kappa shape index (κ2) is 8.06. The number of alkyl halides is 2. The second-order valence-corrected chi connectivity index (χ2v) is 5.80. The number of esters is 1. The van der Waals surface area contributed by atoms with Crippen LogP contribution in [0.2, 0.25) is 0 Å². The number of hydrogen-bond acceptors (Lipinski definition) is 4. The van der Waals surface area contributed by atoms with Crippen molar-refractivity contribution >= 4 is 24.3 Å². The summed E-state index contributed by atoms with van der Waals surface area (Å²) in [6, 6.07) is -0.859. The van der Waals surface area contributed by atoms with Crippen LogP contribution in [0.4, 0.5) is 8.78 Å². The molecule has 0 radical (unpaired) electrons. The zero-order chi connectivity index (χ0) is 15.5. The number of carbonyl (C=O) groups is 2. The Morgan fingerprint density at radius 2 is 1.91 bits per heavy atom. The van der Waals surface area contributed by atoms with Crippen LogP contribution in [0.25, 0.3) is 0 Å². The molecule has 1 aliphatic heterocycles. The Hall–Kier alpha value is -0.950. The van der Waals surface area contributed by atoms with Crippen LogP contribution < -0.4 is 10.6 Å². The van der Waals surface area contributed by atoms with Gasteiger partial charge in [0.15, 0.2) is 0 Å². The molecule has 2 rings (SSSR count). The van der Waals surface area contributed by atoms with Crippen molar-refractivity contribution < 1.29 is 23.1 Å². The van der Waals surface area contributed by atoms with Gasteiger partial charge >= 0.3 is 5.97 Å². The van der Waals surface area contributed by atoms with Crippen LogP contribution in [0.15, 0.2) is 0 Å². The van der Waals surface area contributed by atoms with Crippen molar-refractivity contribution in [2.45, 2.75) is 57.0 Å². The van der Waals surface area contributed by atoms with Gasteiger partial charge in [0.1, 0.15) is 0 Å². The lowest BCUT2D eigenvalue weighted by Crippen LogP contribution is -2.46. The summed E-state index contributed by atoms with van der Waals surface area (Å²) in [5.41, 5.74) is 0. The lowest BCUT2D eigenvalue weighted by atomic mass is 9.86. The quantitative estimate of drug-likeness (QED) is 0.764. The second-order valence-electron chi connectivity index (χ2n) is 5.80. The summed E-state index contributed by atoms with van der Waals surface area (Å²) < 4.78 is 31.1. The maximum atomic E-state index is 13.1. The summed E-state index contributed by atoms with van der Waals surface area (Å²) >= 11 is 0. The van der Waals surface area contributed by atoms with Crippen molar-refractivity contribution in [2.75, 3.05) is 13.2 Å². The molecule has 22 heavy (non-hydrogen) atoms. The highest BCUT2D eigenvalue weighted by molar-refractivity contribution is 5.85. The molecular formula is C14H23ClF2N2O3. The molecule has 0 aromatic rings. The number of nitrogens with one attached hydrogen (secondary N) is 2. The standard InChI is InChI=1S/C14H22F2N2O3.ClH/c1-2-21-13(20)9-3-5-10(6-4-9)18-12(19)11-7-14(15,16)8-17-11;/h9-11,17H,2-8H2,1H3,(H,18,19);1H. The lowest BCUT2D eigenvalue weighted by Gasteiger charge is -2.28. The first-order valence-corrected chi connectivity index (χ1v) is 7.49. The van der Waals surface area contributed by atoms with Crippen molar-refractivity contribution in [1.29, 1.82) is 0 Å². The summed E-state index contributed by atoms with van der Waals surface area (Å²) in [6.45, 7) is 1.70. The van der Waals surface area contributed by atoms with Gasteiger partial charge in [-0.3, -0.25) is 14.9 Å². The molecule has 1 aliphatic carbocycles. The molecule has 128 valence electrons. The minimum Gasteiger partial charge on any atom is -0.466 e. The molecule has 0 bridgehead atoms. The zero-order valence-electron chi connectivity index (χ0n) is 12.6. The van der Waals surface area contributed by atoms with Gasteiger partial charge in [-0.15, -0.1) is 12.4 Å². The van der Waals surface area contributed by atoms with Crippen LogP contribution in [0.5, 0.6) is 0 Å². The fraction of sp³-hybridized carbons (Fsp3) is 0.857. The predicted molar refractivity (Wildman–Crippen MR) is 79.1 cm³/mol. The average molecular weight is 341 g/mol. The van der Waals surface area contributed by atoms with Crippen LogP contribution in [0.3, 0.4) is 0 Å². The average Bonchev–Trinajstić information content (AvgIpc) is 2.80. The molecule has 0 aromatic heterocycles. The van der Waals surface area contributed by atoms with E-state index in [1.165, 1.54) is 0 Å². The predicted octanol–water partition coefficient (Wildman–Crippen LogP) is 1.64. The monoisotopic (exact) mass is 340 g/mol. The molecule has 1 heterocycles. The molecule has 1 saturated carbocycles. The first-order chi connectivity index (χ1) is 9.91.